The van der Waals surface area contributed by atoms with E-state index in [2.05, 4.69) is 9.97 Å². The van der Waals surface area contributed by atoms with Gasteiger partial charge in [-0.05, 0) is 0 Å². The number of aryl methyl sites for hydroxylation is 2. The fourth-order valence-electron chi connectivity index (χ4n) is 2.25. The summed E-state index contributed by atoms with van der Waals surface area (Å²) in [6.45, 7) is 0. The fourth-order valence-corrected chi connectivity index (χ4v) is 3.12. The number of aromatic nitrogens is 4. The van der Waals surface area contributed by atoms with Crippen molar-refractivity contribution in [2.24, 2.45) is 14.1 Å². The molecule has 0 amide bonds. The van der Waals surface area contributed by atoms with Gasteiger partial charge < -0.3 is 4.57 Å². The number of hydrogen-bond donors (Lipinski definition) is 1. The van der Waals surface area contributed by atoms with Crippen molar-refractivity contribution in [1.29, 1.82) is 0 Å². The van der Waals surface area contributed by atoms with Crippen LogP contribution >= 0.6 is 11.8 Å². The summed E-state index contributed by atoms with van der Waals surface area (Å²) in [4.78, 5) is 42.3. The van der Waals surface area contributed by atoms with Crippen molar-refractivity contribution in [1.82, 2.24) is 19.1 Å². The SMILES string of the molecule is Cn1c(SCC(=O)c2ccccc2)nc2c1c(=O)[nH]c(=O)n2C. The quantitative estimate of drug-likeness (QED) is 0.568. The van der Waals surface area contributed by atoms with Crippen molar-refractivity contribution in [3.05, 3.63) is 56.7 Å². The molecule has 2 aromatic heterocycles. The standard InChI is InChI=1S/C15H14N4O3S/c1-18-11-12(19(2)14(22)17-13(11)21)16-15(18)23-8-10(20)9-6-4-3-5-7-9/h3-7H,8H2,1-2H3,(H,17,21,22). The summed E-state index contributed by atoms with van der Waals surface area (Å²) < 4.78 is 2.87. The van der Waals surface area contributed by atoms with Crippen LogP contribution in [0.4, 0.5) is 0 Å². The Balaban J connectivity index is 1.93. The maximum Gasteiger partial charge on any atom is 0.329 e. The second-order valence-corrected chi connectivity index (χ2v) is 5.96. The van der Waals surface area contributed by atoms with Gasteiger partial charge in [0, 0.05) is 19.7 Å². The fraction of sp³-hybridized carbons (Fsp3) is 0.200. The smallest absolute Gasteiger partial charge is 0.316 e. The van der Waals surface area contributed by atoms with Crippen LogP contribution in [0, 0.1) is 0 Å². The van der Waals surface area contributed by atoms with Gasteiger partial charge in [0.25, 0.3) is 5.56 Å². The normalized spacial score (nSPS) is 11.0. The molecule has 0 unspecified atom stereocenters. The first-order valence-corrected chi connectivity index (χ1v) is 7.84. The molecule has 0 saturated carbocycles. The van der Waals surface area contributed by atoms with E-state index >= 15 is 0 Å². The first kappa shape index (κ1) is 15.3. The molecule has 0 aliphatic heterocycles. The van der Waals surface area contributed by atoms with Gasteiger partial charge in [0.2, 0.25) is 0 Å². The number of nitrogens with one attached hydrogen (secondary N) is 1. The monoisotopic (exact) mass is 330 g/mol. The van der Waals surface area contributed by atoms with E-state index in [0.717, 1.165) is 0 Å². The predicted molar refractivity (Wildman–Crippen MR) is 88.1 cm³/mol. The van der Waals surface area contributed by atoms with E-state index in [9.17, 15) is 14.4 Å². The summed E-state index contributed by atoms with van der Waals surface area (Å²) in [5.74, 6) is 0.179. The third-order valence-corrected chi connectivity index (χ3v) is 4.55. The maximum absolute atomic E-state index is 12.2. The second kappa shape index (κ2) is 5.88. The highest BCUT2D eigenvalue weighted by molar-refractivity contribution is 7.99. The number of aromatic amines is 1. The number of Topliss-reactive ketones (excluding diaryl/α,β-unsaturated/α-hetero) is 1. The Kier molecular flexibility index (Phi) is 3.91. The summed E-state index contributed by atoms with van der Waals surface area (Å²) >= 11 is 1.23. The third kappa shape index (κ3) is 2.72. The van der Waals surface area contributed by atoms with Crippen molar-refractivity contribution in [3.63, 3.8) is 0 Å². The number of fused-ring (bicyclic) bond motifs is 1. The summed E-state index contributed by atoms with van der Waals surface area (Å²) in [5, 5.41) is 0.510. The van der Waals surface area contributed by atoms with Gasteiger partial charge in [-0.25, -0.2) is 9.78 Å². The molecule has 0 radical (unpaired) electrons. The van der Waals surface area contributed by atoms with Gasteiger partial charge in [0.15, 0.2) is 22.1 Å². The minimum Gasteiger partial charge on any atom is -0.316 e. The first-order valence-electron chi connectivity index (χ1n) is 6.86. The Morgan fingerprint density at radius 1 is 1.17 bits per heavy atom. The van der Waals surface area contributed by atoms with Crippen LogP contribution in [0.15, 0.2) is 45.1 Å². The molecule has 0 atom stereocenters. The number of hydrogen-bond acceptors (Lipinski definition) is 5. The zero-order valence-corrected chi connectivity index (χ0v) is 13.4. The van der Waals surface area contributed by atoms with Gasteiger partial charge in [-0.1, -0.05) is 42.1 Å². The molecule has 3 aromatic rings. The number of rotatable bonds is 4. The van der Waals surface area contributed by atoms with E-state index < -0.39 is 11.2 Å². The Bertz CT molecular complexity index is 1000. The summed E-state index contributed by atoms with van der Waals surface area (Å²) in [7, 11) is 3.22. The first-order chi connectivity index (χ1) is 11.0. The number of carbonyl (C=O) groups is 1. The van der Waals surface area contributed by atoms with E-state index in [1.165, 1.54) is 23.4 Å². The van der Waals surface area contributed by atoms with Gasteiger partial charge in [-0.3, -0.25) is 19.1 Å². The number of nitrogens with zero attached hydrogens (tertiary/aromatic N) is 3. The molecular formula is C15H14N4O3S. The summed E-state index contributed by atoms with van der Waals surface area (Å²) in [6, 6.07) is 8.98. The molecule has 8 heteroatoms. The van der Waals surface area contributed by atoms with Crippen molar-refractivity contribution < 1.29 is 4.79 Å². The lowest BCUT2D eigenvalue weighted by molar-refractivity contribution is 0.102. The molecule has 0 fully saturated rings. The third-order valence-electron chi connectivity index (χ3n) is 3.52. The van der Waals surface area contributed by atoms with Crippen molar-refractivity contribution >= 4 is 28.7 Å². The number of carbonyl (C=O) groups excluding carboxylic acids is 1. The molecule has 3 rings (SSSR count). The minimum atomic E-state index is -0.516. The zero-order valence-electron chi connectivity index (χ0n) is 12.6. The van der Waals surface area contributed by atoms with E-state index in [1.54, 1.807) is 23.7 Å². The Morgan fingerprint density at radius 3 is 2.57 bits per heavy atom. The molecule has 118 valence electrons. The van der Waals surface area contributed by atoms with Gasteiger partial charge in [-0.2, -0.15) is 0 Å². The lowest BCUT2D eigenvalue weighted by atomic mass is 10.2. The van der Waals surface area contributed by atoms with Crippen LogP contribution in [-0.2, 0) is 14.1 Å². The molecule has 0 aliphatic carbocycles. The Labute approximate surface area is 135 Å². The summed E-state index contributed by atoms with van der Waals surface area (Å²) in [6.07, 6.45) is 0. The van der Waals surface area contributed by atoms with E-state index in [1.807, 2.05) is 18.2 Å². The average molecular weight is 330 g/mol. The van der Waals surface area contributed by atoms with E-state index in [-0.39, 0.29) is 11.5 Å². The van der Waals surface area contributed by atoms with Crippen LogP contribution in [0.3, 0.4) is 0 Å². The van der Waals surface area contributed by atoms with Crippen LogP contribution < -0.4 is 11.2 Å². The molecule has 0 aliphatic rings. The number of H-pyrrole nitrogens is 1. The highest BCUT2D eigenvalue weighted by Gasteiger charge is 2.16. The van der Waals surface area contributed by atoms with Crippen LogP contribution in [0.2, 0.25) is 0 Å². The Morgan fingerprint density at radius 2 is 1.87 bits per heavy atom. The van der Waals surface area contributed by atoms with Gasteiger partial charge >= 0.3 is 5.69 Å². The topological polar surface area (TPSA) is 89.8 Å². The highest BCUT2D eigenvalue weighted by atomic mass is 32.2. The molecule has 1 N–H and O–H groups in total. The maximum atomic E-state index is 12.2. The molecule has 23 heavy (non-hydrogen) atoms. The molecule has 2 heterocycles. The molecular weight excluding hydrogens is 316 g/mol. The molecule has 0 bridgehead atoms. The lowest BCUT2D eigenvalue weighted by Crippen LogP contribution is -2.29. The second-order valence-electron chi connectivity index (χ2n) is 5.02. The van der Waals surface area contributed by atoms with Crippen LogP contribution in [-0.4, -0.2) is 30.6 Å². The number of benzene rings is 1. The van der Waals surface area contributed by atoms with Crippen molar-refractivity contribution in [3.8, 4) is 0 Å². The lowest BCUT2D eigenvalue weighted by Gasteiger charge is -2.01. The zero-order chi connectivity index (χ0) is 16.6. The molecule has 7 nitrogen and oxygen atoms in total. The number of thioether (sulfide) groups is 1. The van der Waals surface area contributed by atoms with E-state index in [0.29, 0.717) is 21.9 Å². The number of ketones is 1. The predicted octanol–water partition coefficient (Wildman–Crippen LogP) is 0.935. The average Bonchev–Trinajstić information content (AvgIpc) is 2.88. The van der Waals surface area contributed by atoms with Gasteiger partial charge in [-0.15, -0.1) is 0 Å². The van der Waals surface area contributed by atoms with Crippen LogP contribution in [0.1, 0.15) is 10.4 Å². The number of imidazole rings is 1. The van der Waals surface area contributed by atoms with Gasteiger partial charge in [0.1, 0.15) is 0 Å². The van der Waals surface area contributed by atoms with Crippen LogP contribution in [0.25, 0.3) is 11.2 Å². The minimum absolute atomic E-state index is 0.0227. The van der Waals surface area contributed by atoms with Crippen LogP contribution in [0.5, 0.6) is 0 Å². The highest BCUT2D eigenvalue weighted by Crippen LogP contribution is 2.20. The van der Waals surface area contributed by atoms with Crippen molar-refractivity contribution in [2.75, 3.05) is 5.75 Å². The molecule has 0 spiro atoms. The van der Waals surface area contributed by atoms with Crippen molar-refractivity contribution in [2.45, 2.75) is 5.16 Å². The molecule has 0 saturated heterocycles. The van der Waals surface area contributed by atoms with Gasteiger partial charge in [0.05, 0.1) is 5.75 Å². The van der Waals surface area contributed by atoms with E-state index in [4.69, 9.17) is 0 Å². The summed E-state index contributed by atoms with van der Waals surface area (Å²) in [5.41, 5.74) is 0.235. The largest absolute Gasteiger partial charge is 0.329 e. The molecule has 1 aromatic carbocycles. The Hall–Kier alpha value is -2.61.